The SMILES string of the molecule is CNS(=O)(=O)c1ccc(Cl)c(C(=O)Nc2nc(-c3ccc4c(c3)OCO4)cs2)c1. The lowest BCUT2D eigenvalue weighted by atomic mass is 10.1. The van der Waals surface area contributed by atoms with Crippen LogP contribution in [0.1, 0.15) is 10.4 Å². The van der Waals surface area contributed by atoms with Crippen LogP contribution in [0.25, 0.3) is 11.3 Å². The van der Waals surface area contributed by atoms with Crippen molar-refractivity contribution in [3.8, 4) is 22.8 Å². The van der Waals surface area contributed by atoms with Crippen molar-refractivity contribution in [2.24, 2.45) is 0 Å². The van der Waals surface area contributed by atoms with Crippen molar-refractivity contribution in [3.05, 3.63) is 52.4 Å². The number of nitrogens with one attached hydrogen (secondary N) is 2. The smallest absolute Gasteiger partial charge is 0.259 e. The number of hydrogen-bond acceptors (Lipinski definition) is 7. The van der Waals surface area contributed by atoms with Crippen LogP contribution >= 0.6 is 22.9 Å². The second-order valence-electron chi connectivity index (χ2n) is 5.91. The average Bonchev–Trinajstić information content (AvgIpc) is 3.36. The fourth-order valence-corrected chi connectivity index (χ4v) is 4.32. The minimum atomic E-state index is -3.70. The number of benzene rings is 2. The number of thiazole rings is 1. The van der Waals surface area contributed by atoms with Gasteiger partial charge >= 0.3 is 0 Å². The molecule has 1 aromatic heterocycles. The van der Waals surface area contributed by atoms with Crippen molar-refractivity contribution in [1.82, 2.24) is 9.71 Å². The Balaban J connectivity index is 1.56. The number of ether oxygens (including phenoxy) is 2. The molecule has 0 bridgehead atoms. The molecule has 4 rings (SSSR count). The third-order valence-electron chi connectivity index (χ3n) is 4.15. The standard InChI is InChI=1S/C18H14ClN3O5S2/c1-20-29(24,25)11-3-4-13(19)12(7-11)17(23)22-18-21-14(8-28-18)10-2-5-15-16(6-10)27-9-26-15/h2-8,20H,9H2,1H3,(H,21,22,23). The summed E-state index contributed by atoms with van der Waals surface area (Å²) in [4.78, 5) is 17.0. The number of hydrogen-bond donors (Lipinski definition) is 2. The molecular formula is C18H14ClN3O5S2. The molecular weight excluding hydrogens is 438 g/mol. The normalized spacial score (nSPS) is 12.8. The Morgan fingerprint density at radius 3 is 2.76 bits per heavy atom. The first-order valence-electron chi connectivity index (χ1n) is 8.27. The highest BCUT2D eigenvalue weighted by atomic mass is 35.5. The molecule has 2 N–H and O–H groups in total. The Morgan fingerprint density at radius 1 is 1.17 bits per heavy atom. The van der Waals surface area contributed by atoms with Gasteiger partial charge < -0.3 is 9.47 Å². The number of carbonyl (C=O) groups is 1. The van der Waals surface area contributed by atoms with Gasteiger partial charge in [-0.15, -0.1) is 11.3 Å². The van der Waals surface area contributed by atoms with E-state index in [-0.39, 0.29) is 22.3 Å². The van der Waals surface area contributed by atoms with E-state index < -0.39 is 15.9 Å². The van der Waals surface area contributed by atoms with Gasteiger partial charge in [0.2, 0.25) is 16.8 Å². The van der Waals surface area contributed by atoms with Crippen molar-refractivity contribution in [2.45, 2.75) is 4.90 Å². The number of carbonyl (C=O) groups excluding carboxylic acids is 1. The Labute approximate surface area is 175 Å². The van der Waals surface area contributed by atoms with Crippen molar-refractivity contribution >= 4 is 44.0 Å². The maximum absolute atomic E-state index is 12.6. The van der Waals surface area contributed by atoms with E-state index in [0.29, 0.717) is 22.3 Å². The topological polar surface area (TPSA) is 107 Å². The second-order valence-corrected chi connectivity index (χ2v) is 9.06. The minimum Gasteiger partial charge on any atom is -0.454 e. The number of fused-ring (bicyclic) bond motifs is 1. The van der Waals surface area contributed by atoms with E-state index in [2.05, 4.69) is 15.0 Å². The highest BCUT2D eigenvalue weighted by Gasteiger charge is 2.19. The van der Waals surface area contributed by atoms with Crippen LogP contribution in [0.3, 0.4) is 0 Å². The molecule has 150 valence electrons. The van der Waals surface area contributed by atoms with Crippen LogP contribution in [0, 0.1) is 0 Å². The van der Waals surface area contributed by atoms with Gasteiger partial charge in [-0.05, 0) is 43.4 Å². The van der Waals surface area contributed by atoms with Crippen molar-refractivity contribution in [1.29, 1.82) is 0 Å². The molecule has 0 saturated carbocycles. The molecule has 0 fully saturated rings. The lowest BCUT2D eigenvalue weighted by molar-refractivity contribution is 0.102. The summed E-state index contributed by atoms with van der Waals surface area (Å²) in [6.07, 6.45) is 0. The van der Waals surface area contributed by atoms with E-state index in [1.165, 1.54) is 36.6 Å². The molecule has 29 heavy (non-hydrogen) atoms. The number of amides is 1. The first kappa shape index (κ1) is 19.6. The molecule has 0 unspecified atom stereocenters. The lowest BCUT2D eigenvalue weighted by Gasteiger charge is -2.07. The van der Waals surface area contributed by atoms with E-state index in [1.54, 1.807) is 11.4 Å². The van der Waals surface area contributed by atoms with Gasteiger partial charge in [-0.3, -0.25) is 10.1 Å². The maximum Gasteiger partial charge on any atom is 0.259 e. The average molecular weight is 452 g/mol. The summed E-state index contributed by atoms with van der Waals surface area (Å²) in [7, 11) is -2.42. The van der Waals surface area contributed by atoms with Crippen LogP contribution in [0.15, 0.2) is 46.7 Å². The van der Waals surface area contributed by atoms with Gasteiger partial charge in [-0.25, -0.2) is 18.1 Å². The molecule has 0 atom stereocenters. The Kier molecular flexibility index (Phi) is 5.17. The van der Waals surface area contributed by atoms with Crippen molar-refractivity contribution in [2.75, 3.05) is 19.2 Å². The molecule has 0 spiro atoms. The Bertz CT molecular complexity index is 1210. The van der Waals surface area contributed by atoms with Gasteiger partial charge in [0.15, 0.2) is 16.6 Å². The second kappa shape index (κ2) is 7.64. The monoisotopic (exact) mass is 451 g/mol. The number of rotatable bonds is 5. The number of halogens is 1. The molecule has 0 radical (unpaired) electrons. The number of sulfonamides is 1. The van der Waals surface area contributed by atoms with E-state index in [9.17, 15) is 13.2 Å². The van der Waals surface area contributed by atoms with Crippen LogP contribution in [-0.4, -0.2) is 33.1 Å². The number of anilines is 1. The summed E-state index contributed by atoms with van der Waals surface area (Å²) >= 11 is 7.32. The number of nitrogens with zero attached hydrogens (tertiary/aromatic N) is 1. The van der Waals surface area contributed by atoms with E-state index in [4.69, 9.17) is 21.1 Å². The predicted molar refractivity (Wildman–Crippen MR) is 109 cm³/mol. The third kappa shape index (κ3) is 3.92. The molecule has 2 aromatic carbocycles. The summed E-state index contributed by atoms with van der Waals surface area (Å²) in [6.45, 7) is 0.181. The first-order valence-corrected chi connectivity index (χ1v) is 11.0. The molecule has 0 saturated heterocycles. The quantitative estimate of drug-likeness (QED) is 0.616. The van der Waals surface area contributed by atoms with Crippen molar-refractivity contribution < 1.29 is 22.7 Å². The molecule has 0 aliphatic carbocycles. The van der Waals surface area contributed by atoms with Gasteiger partial charge in [0.25, 0.3) is 5.91 Å². The predicted octanol–water partition coefficient (Wildman–Crippen LogP) is 3.35. The van der Waals surface area contributed by atoms with Gasteiger partial charge in [0.1, 0.15) is 0 Å². The Hall–Kier alpha value is -2.66. The van der Waals surface area contributed by atoms with Crippen LogP contribution < -0.4 is 19.5 Å². The molecule has 1 amide bonds. The zero-order valence-electron chi connectivity index (χ0n) is 14.9. The molecule has 3 aromatic rings. The van der Waals surface area contributed by atoms with E-state index >= 15 is 0 Å². The van der Waals surface area contributed by atoms with Gasteiger partial charge in [-0.1, -0.05) is 11.6 Å². The maximum atomic E-state index is 12.6. The molecule has 2 heterocycles. The lowest BCUT2D eigenvalue weighted by Crippen LogP contribution is -2.20. The summed E-state index contributed by atoms with van der Waals surface area (Å²) in [5.41, 5.74) is 1.50. The fraction of sp³-hybridized carbons (Fsp3) is 0.111. The molecule has 8 nitrogen and oxygen atoms in total. The summed E-state index contributed by atoms with van der Waals surface area (Å²) in [5, 5.41) is 4.92. The highest BCUT2D eigenvalue weighted by molar-refractivity contribution is 7.89. The summed E-state index contributed by atoms with van der Waals surface area (Å²) in [5.74, 6) is 0.744. The molecule has 11 heteroatoms. The first-order chi connectivity index (χ1) is 13.9. The molecule has 1 aliphatic rings. The summed E-state index contributed by atoms with van der Waals surface area (Å²) in [6, 6.07) is 9.36. The number of aromatic nitrogens is 1. The van der Waals surface area contributed by atoms with E-state index in [0.717, 1.165) is 5.56 Å². The van der Waals surface area contributed by atoms with Crippen molar-refractivity contribution in [3.63, 3.8) is 0 Å². The third-order valence-corrected chi connectivity index (χ3v) is 6.65. The minimum absolute atomic E-state index is 0.0304. The van der Waals surface area contributed by atoms with Gasteiger partial charge in [-0.2, -0.15) is 0 Å². The summed E-state index contributed by atoms with van der Waals surface area (Å²) < 4.78 is 36.8. The zero-order valence-corrected chi connectivity index (χ0v) is 17.3. The van der Waals surface area contributed by atoms with Gasteiger partial charge in [0.05, 0.1) is 21.2 Å². The molecule has 1 aliphatic heterocycles. The fourth-order valence-electron chi connectivity index (χ4n) is 2.65. The van der Waals surface area contributed by atoms with Gasteiger partial charge in [0, 0.05) is 10.9 Å². The van der Waals surface area contributed by atoms with Crippen LogP contribution in [-0.2, 0) is 10.0 Å². The van der Waals surface area contributed by atoms with Crippen LogP contribution in [0.5, 0.6) is 11.5 Å². The van der Waals surface area contributed by atoms with E-state index in [1.807, 2.05) is 12.1 Å². The van der Waals surface area contributed by atoms with Crippen LogP contribution in [0.4, 0.5) is 5.13 Å². The largest absolute Gasteiger partial charge is 0.454 e. The van der Waals surface area contributed by atoms with Crippen LogP contribution in [0.2, 0.25) is 5.02 Å². The Morgan fingerprint density at radius 2 is 1.97 bits per heavy atom. The highest BCUT2D eigenvalue weighted by Crippen LogP contribution is 2.36. The zero-order chi connectivity index (χ0) is 20.6.